The number of benzene rings is 3. The number of para-hydroxylation sites is 1. The number of imide groups is 1. The third kappa shape index (κ3) is 5.75. The number of nitro benzene ring substituents is 2. The molecule has 1 aliphatic rings. The Bertz CT molecular complexity index is 1630. The number of rotatable bonds is 8. The summed E-state index contributed by atoms with van der Waals surface area (Å²) in [5.74, 6) is -7.25. The van der Waals surface area contributed by atoms with Gasteiger partial charge in [0.05, 0.1) is 26.5 Å². The second kappa shape index (κ2) is 11.2. The number of carbonyl (C=O) groups excluding carboxylic acids is 3. The van der Waals surface area contributed by atoms with E-state index in [1.54, 1.807) is 0 Å². The summed E-state index contributed by atoms with van der Waals surface area (Å²) in [6.07, 6.45) is 1.23. The van der Waals surface area contributed by atoms with Gasteiger partial charge in [0.2, 0.25) is 11.7 Å². The minimum atomic E-state index is -1.81. The first kappa shape index (κ1) is 27.8. The Morgan fingerprint density at radius 3 is 2.40 bits per heavy atom. The van der Waals surface area contributed by atoms with E-state index < -0.39 is 68.0 Å². The van der Waals surface area contributed by atoms with Crippen molar-refractivity contribution in [2.24, 2.45) is 0 Å². The van der Waals surface area contributed by atoms with Gasteiger partial charge in [-0.25, -0.2) is 13.2 Å². The van der Waals surface area contributed by atoms with Crippen molar-refractivity contribution in [3.05, 3.63) is 103 Å². The van der Waals surface area contributed by atoms with E-state index in [9.17, 15) is 47.8 Å². The summed E-state index contributed by atoms with van der Waals surface area (Å²) in [4.78, 5) is 58.7. The molecule has 0 spiro atoms. The summed E-state index contributed by atoms with van der Waals surface area (Å²) in [6, 6.07) is 10.0. The van der Waals surface area contributed by atoms with Gasteiger partial charge in [-0.3, -0.25) is 39.5 Å². The molecule has 0 radical (unpaired) electrons. The molecule has 1 heterocycles. The van der Waals surface area contributed by atoms with Crippen molar-refractivity contribution in [2.75, 3.05) is 11.9 Å². The summed E-state index contributed by atoms with van der Waals surface area (Å²) in [7, 11) is 0. The van der Waals surface area contributed by atoms with Crippen LogP contribution in [0.3, 0.4) is 0 Å². The van der Waals surface area contributed by atoms with Crippen molar-refractivity contribution >= 4 is 52.0 Å². The number of ether oxygens (including phenoxy) is 1. The SMILES string of the molecule is O=C(CN1C(=O)S/C(=C/c2ccccc2Oc2ccc([N+](=O)[O-])cc2[N+](=O)[O-])C1=O)Nc1ccc(F)c(F)c1F. The normalized spacial score (nSPS) is 14.0. The Hall–Kier alpha value is -5.25. The number of anilines is 1. The molecule has 0 saturated carbocycles. The average Bonchev–Trinajstić information content (AvgIpc) is 3.17. The Labute approximate surface area is 225 Å². The first-order chi connectivity index (χ1) is 19.0. The number of nitrogens with one attached hydrogen (secondary N) is 1. The molecule has 1 fully saturated rings. The van der Waals surface area contributed by atoms with Gasteiger partial charge >= 0.3 is 5.69 Å². The maximum Gasteiger partial charge on any atom is 0.318 e. The lowest BCUT2D eigenvalue weighted by atomic mass is 10.1. The van der Waals surface area contributed by atoms with Gasteiger partial charge in [0, 0.05) is 11.6 Å². The average molecular weight is 574 g/mol. The number of hydrogen-bond donors (Lipinski definition) is 1. The first-order valence-corrected chi connectivity index (χ1v) is 11.7. The number of thioether (sulfide) groups is 1. The zero-order valence-electron chi connectivity index (χ0n) is 19.6. The lowest BCUT2D eigenvalue weighted by Crippen LogP contribution is -2.36. The lowest BCUT2D eigenvalue weighted by Gasteiger charge is -2.13. The van der Waals surface area contributed by atoms with Crippen LogP contribution in [-0.2, 0) is 9.59 Å². The highest BCUT2D eigenvalue weighted by atomic mass is 32.2. The van der Waals surface area contributed by atoms with Crippen LogP contribution < -0.4 is 10.1 Å². The van der Waals surface area contributed by atoms with Crippen LogP contribution in [0.4, 0.5) is 35.0 Å². The van der Waals surface area contributed by atoms with Crippen LogP contribution in [0.15, 0.2) is 59.5 Å². The number of carbonyl (C=O) groups is 3. The Morgan fingerprint density at radius 2 is 1.70 bits per heavy atom. The monoisotopic (exact) mass is 574 g/mol. The molecule has 0 bridgehead atoms. The lowest BCUT2D eigenvalue weighted by molar-refractivity contribution is -0.394. The Morgan fingerprint density at radius 1 is 0.975 bits per heavy atom. The van der Waals surface area contributed by atoms with E-state index in [2.05, 4.69) is 0 Å². The molecular formula is C24H13F3N4O8S. The molecule has 1 aliphatic heterocycles. The minimum absolute atomic E-state index is 0.00203. The summed E-state index contributed by atoms with van der Waals surface area (Å²) < 4.78 is 46.0. The Kier molecular flexibility index (Phi) is 7.81. The van der Waals surface area contributed by atoms with Crippen LogP contribution in [0, 0.1) is 37.7 Å². The highest BCUT2D eigenvalue weighted by molar-refractivity contribution is 8.18. The summed E-state index contributed by atoms with van der Waals surface area (Å²) in [6.45, 7) is -0.867. The molecule has 0 unspecified atom stereocenters. The van der Waals surface area contributed by atoms with E-state index in [1.165, 1.54) is 30.3 Å². The van der Waals surface area contributed by atoms with Gasteiger partial charge in [0.25, 0.3) is 16.8 Å². The topological polar surface area (TPSA) is 162 Å². The van der Waals surface area contributed by atoms with Gasteiger partial charge in [0.1, 0.15) is 12.3 Å². The molecule has 1 N–H and O–H groups in total. The van der Waals surface area contributed by atoms with Crippen molar-refractivity contribution in [1.29, 1.82) is 0 Å². The molecule has 204 valence electrons. The molecule has 12 nitrogen and oxygen atoms in total. The van der Waals surface area contributed by atoms with Gasteiger partial charge in [-0.15, -0.1) is 0 Å². The van der Waals surface area contributed by atoms with Crippen LogP contribution in [0.1, 0.15) is 5.56 Å². The third-order valence-corrected chi connectivity index (χ3v) is 6.17. The maximum absolute atomic E-state index is 13.8. The molecule has 40 heavy (non-hydrogen) atoms. The number of amides is 3. The standard InChI is InChI=1S/C24H13F3N4O8S/c25-14-6-7-15(22(27)21(14)26)28-20(32)11-29-23(33)19(40-24(29)34)9-12-3-1-2-4-17(12)39-18-8-5-13(30(35)36)10-16(18)31(37)38/h1-10H,11H2,(H,28,32)/b19-9+. The molecular weight excluding hydrogens is 561 g/mol. The predicted molar refractivity (Wildman–Crippen MR) is 134 cm³/mol. The molecule has 3 aromatic carbocycles. The van der Waals surface area contributed by atoms with Crippen molar-refractivity contribution in [1.82, 2.24) is 4.90 Å². The second-order valence-electron chi connectivity index (χ2n) is 7.85. The highest BCUT2D eigenvalue weighted by Gasteiger charge is 2.36. The van der Waals surface area contributed by atoms with E-state index in [4.69, 9.17) is 4.74 Å². The third-order valence-electron chi connectivity index (χ3n) is 5.26. The Balaban J connectivity index is 1.54. The van der Waals surface area contributed by atoms with Crippen molar-refractivity contribution in [3.8, 4) is 11.5 Å². The quantitative estimate of drug-likeness (QED) is 0.161. The van der Waals surface area contributed by atoms with E-state index in [0.717, 1.165) is 24.3 Å². The summed E-state index contributed by atoms with van der Waals surface area (Å²) in [5, 5.41) is 23.5. The van der Waals surface area contributed by atoms with Crippen molar-refractivity contribution in [3.63, 3.8) is 0 Å². The van der Waals surface area contributed by atoms with Crippen LogP contribution in [0.5, 0.6) is 11.5 Å². The van der Waals surface area contributed by atoms with Crippen LogP contribution in [0.25, 0.3) is 6.08 Å². The molecule has 1 saturated heterocycles. The number of nitrogens with zero attached hydrogens (tertiary/aromatic N) is 3. The van der Waals surface area contributed by atoms with E-state index in [1.807, 2.05) is 5.32 Å². The fourth-order valence-corrected chi connectivity index (χ4v) is 4.22. The number of halogens is 3. The fraction of sp³-hybridized carbons (Fsp3) is 0.0417. The number of nitro groups is 2. The van der Waals surface area contributed by atoms with Crippen LogP contribution in [-0.4, -0.2) is 38.3 Å². The molecule has 3 amide bonds. The van der Waals surface area contributed by atoms with Gasteiger partial charge in [-0.05, 0) is 42.1 Å². The molecule has 0 atom stereocenters. The maximum atomic E-state index is 13.8. The van der Waals surface area contributed by atoms with Gasteiger partial charge in [-0.1, -0.05) is 18.2 Å². The fourth-order valence-electron chi connectivity index (χ4n) is 3.39. The minimum Gasteiger partial charge on any atom is -0.449 e. The molecule has 16 heteroatoms. The van der Waals surface area contributed by atoms with E-state index in [0.29, 0.717) is 22.7 Å². The van der Waals surface area contributed by atoms with E-state index >= 15 is 0 Å². The van der Waals surface area contributed by atoms with Gasteiger partial charge in [-0.2, -0.15) is 0 Å². The van der Waals surface area contributed by atoms with Gasteiger partial charge in [0.15, 0.2) is 17.5 Å². The largest absolute Gasteiger partial charge is 0.449 e. The first-order valence-electron chi connectivity index (χ1n) is 10.8. The van der Waals surface area contributed by atoms with Crippen LogP contribution >= 0.6 is 11.8 Å². The predicted octanol–water partition coefficient (Wildman–Crippen LogP) is 5.39. The van der Waals surface area contributed by atoms with Crippen molar-refractivity contribution < 1.29 is 42.1 Å². The second-order valence-corrected chi connectivity index (χ2v) is 8.84. The zero-order valence-corrected chi connectivity index (χ0v) is 20.4. The molecule has 4 rings (SSSR count). The highest BCUT2D eigenvalue weighted by Crippen LogP contribution is 2.38. The zero-order chi connectivity index (χ0) is 29.1. The van der Waals surface area contributed by atoms with Crippen LogP contribution in [0.2, 0.25) is 0 Å². The number of hydrogen-bond acceptors (Lipinski definition) is 9. The summed E-state index contributed by atoms with van der Waals surface area (Å²) in [5.41, 5.74) is -1.73. The molecule has 0 aliphatic carbocycles. The summed E-state index contributed by atoms with van der Waals surface area (Å²) >= 11 is 0.457. The smallest absolute Gasteiger partial charge is 0.318 e. The van der Waals surface area contributed by atoms with Crippen molar-refractivity contribution in [2.45, 2.75) is 0 Å². The molecule has 3 aromatic rings. The number of non-ortho nitro benzene ring substituents is 1. The molecule has 0 aromatic heterocycles. The van der Waals surface area contributed by atoms with E-state index in [-0.39, 0.29) is 22.0 Å². The van der Waals surface area contributed by atoms with Gasteiger partial charge < -0.3 is 10.1 Å².